The van der Waals surface area contributed by atoms with Crippen molar-refractivity contribution in [3.05, 3.63) is 59.5 Å². The Morgan fingerprint density at radius 2 is 1.93 bits per heavy atom. The van der Waals surface area contributed by atoms with Crippen molar-refractivity contribution in [2.24, 2.45) is 0 Å². The Bertz CT molecular complexity index is 1030. The average molecular weight is 410 g/mol. The van der Waals surface area contributed by atoms with Crippen LogP contribution in [0.15, 0.2) is 46.9 Å². The van der Waals surface area contributed by atoms with Gasteiger partial charge in [-0.2, -0.15) is 0 Å². The van der Waals surface area contributed by atoms with Gasteiger partial charge in [0.05, 0.1) is 11.9 Å². The van der Waals surface area contributed by atoms with E-state index in [2.05, 4.69) is 17.2 Å². The number of carbonyl (C=O) groups is 2. The van der Waals surface area contributed by atoms with E-state index in [4.69, 9.17) is 9.15 Å². The largest absolute Gasteiger partial charge is 0.494 e. The lowest BCUT2D eigenvalue weighted by Gasteiger charge is -2.05. The van der Waals surface area contributed by atoms with Crippen LogP contribution in [0.5, 0.6) is 5.75 Å². The van der Waals surface area contributed by atoms with E-state index in [-0.39, 0.29) is 16.4 Å². The van der Waals surface area contributed by atoms with Crippen LogP contribution in [-0.2, 0) is 17.6 Å². The van der Waals surface area contributed by atoms with Crippen molar-refractivity contribution >= 4 is 34.0 Å². The molecule has 29 heavy (non-hydrogen) atoms. The average Bonchev–Trinajstić information content (AvgIpc) is 3.24. The quantitative estimate of drug-likeness (QED) is 0.551. The van der Waals surface area contributed by atoms with Gasteiger partial charge in [-0.05, 0) is 48.2 Å². The van der Waals surface area contributed by atoms with Crippen molar-refractivity contribution in [3.8, 4) is 5.75 Å². The zero-order chi connectivity index (χ0) is 20.2. The molecule has 7 heteroatoms. The summed E-state index contributed by atoms with van der Waals surface area (Å²) in [6.07, 6.45) is 3.24. The van der Waals surface area contributed by atoms with Crippen LogP contribution in [0.25, 0.3) is 11.1 Å². The van der Waals surface area contributed by atoms with Gasteiger partial charge in [0.2, 0.25) is 5.91 Å². The maximum atomic E-state index is 11.8. The number of nitrogens with one attached hydrogen (secondary N) is 1. The molecule has 1 atom stereocenters. The lowest BCUT2D eigenvalue weighted by Crippen LogP contribution is -2.25. The van der Waals surface area contributed by atoms with Crippen molar-refractivity contribution in [2.45, 2.75) is 37.9 Å². The lowest BCUT2D eigenvalue weighted by atomic mass is 10.1. The van der Waals surface area contributed by atoms with E-state index in [1.807, 2.05) is 42.5 Å². The number of amides is 2. The number of nitrogens with zero attached hydrogens (tertiary/aromatic N) is 1. The van der Waals surface area contributed by atoms with Gasteiger partial charge in [-0.15, -0.1) is 0 Å². The highest BCUT2D eigenvalue weighted by atomic mass is 32.2. The second-order valence-corrected chi connectivity index (χ2v) is 8.20. The molecule has 3 aromatic rings. The molecule has 2 heterocycles. The molecule has 6 nitrogen and oxygen atoms in total. The lowest BCUT2D eigenvalue weighted by molar-refractivity contribution is -0.118. The molecule has 1 fully saturated rings. The number of benzene rings is 2. The predicted octanol–water partition coefficient (Wildman–Crippen LogP) is 4.49. The molecule has 1 N–H and O–H groups in total. The minimum atomic E-state index is -0.385. The summed E-state index contributed by atoms with van der Waals surface area (Å²) >= 11 is 1.03. The normalized spacial score (nSPS) is 16.4. The Balaban J connectivity index is 1.42. The van der Waals surface area contributed by atoms with E-state index >= 15 is 0 Å². The topological polar surface area (TPSA) is 81.4 Å². The Morgan fingerprint density at radius 1 is 1.14 bits per heavy atom. The minimum Gasteiger partial charge on any atom is -0.494 e. The summed E-state index contributed by atoms with van der Waals surface area (Å²) in [5.74, 6) is 1.28. The number of imide groups is 1. The molecule has 2 aromatic carbocycles. The summed E-state index contributed by atoms with van der Waals surface area (Å²) < 4.78 is 11.6. The number of aromatic nitrogens is 1. The standard InChI is InChI=1S/C22H22N2O4S/c1-2-3-10-27-16-7-4-14(5-8-16)13-20-23-17-11-15(6-9-18(17)28-20)12-19-21(25)24-22(26)29-19/h4-9,11,19H,2-3,10,12-13H2,1H3,(H,24,25,26). The summed E-state index contributed by atoms with van der Waals surface area (Å²) in [7, 11) is 0. The third-order valence-electron chi connectivity index (χ3n) is 4.73. The van der Waals surface area contributed by atoms with Gasteiger partial charge in [-0.1, -0.05) is 43.3 Å². The Morgan fingerprint density at radius 3 is 2.66 bits per heavy atom. The molecule has 2 amide bonds. The van der Waals surface area contributed by atoms with E-state index < -0.39 is 0 Å². The number of rotatable bonds is 8. The SMILES string of the molecule is CCCCOc1ccc(Cc2nc3cc(CC4SC(=O)NC4=O)ccc3o2)cc1. The molecule has 4 rings (SSSR count). The van der Waals surface area contributed by atoms with Crippen molar-refractivity contribution in [1.82, 2.24) is 10.3 Å². The highest BCUT2D eigenvalue weighted by molar-refractivity contribution is 8.15. The molecule has 0 spiro atoms. The van der Waals surface area contributed by atoms with Gasteiger partial charge in [0.25, 0.3) is 5.24 Å². The number of ether oxygens (including phenoxy) is 1. The number of oxazole rings is 1. The van der Waals surface area contributed by atoms with Gasteiger partial charge in [0.1, 0.15) is 11.3 Å². The second-order valence-electron chi connectivity index (χ2n) is 7.02. The highest BCUT2D eigenvalue weighted by Crippen LogP contribution is 2.25. The van der Waals surface area contributed by atoms with Gasteiger partial charge < -0.3 is 9.15 Å². The Hall–Kier alpha value is -2.80. The van der Waals surface area contributed by atoms with E-state index in [1.54, 1.807) is 0 Å². The molecular weight excluding hydrogens is 388 g/mol. The van der Waals surface area contributed by atoms with E-state index in [1.165, 1.54) is 0 Å². The molecule has 150 valence electrons. The van der Waals surface area contributed by atoms with Gasteiger partial charge >= 0.3 is 0 Å². The molecular formula is C22H22N2O4S. The maximum Gasteiger partial charge on any atom is 0.286 e. The predicted molar refractivity (Wildman–Crippen MR) is 112 cm³/mol. The molecule has 0 aliphatic carbocycles. The molecule has 0 bridgehead atoms. The first kappa shape index (κ1) is 19.5. The summed E-state index contributed by atoms with van der Waals surface area (Å²) in [6.45, 7) is 2.87. The number of carbonyl (C=O) groups excluding carboxylic acids is 2. The smallest absolute Gasteiger partial charge is 0.286 e. The number of hydrogen-bond donors (Lipinski definition) is 1. The van der Waals surface area contributed by atoms with Crippen molar-refractivity contribution < 1.29 is 18.7 Å². The van der Waals surface area contributed by atoms with Crippen LogP contribution in [0.2, 0.25) is 0 Å². The third kappa shape index (κ3) is 4.79. The van der Waals surface area contributed by atoms with Crippen molar-refractivity contribution in [1.29, 1.82) is 0 Å². The van der Waals surface area contributed by atoms with Gasteiger partial charge in [0.15, 0.2) is 11.5 Å². The van der Waals surface area contributed by atoms with Crippen LogP contribution in [0.1, 0.15) is 36.8 Å². The zero-order valence-electron chi connectivity index (χ0n) is 16.1. The summed E-state index contributed by atoms with van der Waals surface area (Å²) in [5, 5.41) is 1.65. The monoisotopic (exact) mass is 410 g/mol. The Kier molecular flexibility index (Phi) is 5.85. The summed E-state index contributed by atoms with van der Waals surface area (Å²) in [5.41, 5.74) is 3.51. The van der Waals surface area contributed by atoms with Gasteiger partial charge in [-0.25, -0.2) is 4.98 Å². The molecule has 1 aliphatic rings. The van der Waals surface area contributed by atoms with E-state index in [0.29, 0.717) is 24.3 Å². The van der Waals surface area contributed by atoms with Gasteiger partial charge in [0, 0.05) is 6.42 Å². The van der Waals surface area contributed by atoms with Crippen LogP contribution in [0, 0.1) is 0 Å². The fraction of sp³-hybridized carbons (Fsp3) is 0.318. The fourth-order valence-electron chi connectivity index (χ4n) is 3.18. The minimum absolute atomic E-state index is 0.233. The highest BCUT2D eigenvalue weighted by Gasteiger charge is 2.31. The molecule has 1 unspecified atom stereocenters. The molecule has 0 saturated carbocycles. The van der Waals surface area contributed by atoms with Crippen LogP contribution < -0.4 is 10.1 Å². The number of unbranched alkanes of at least 4 members (excludes halogenated alkanes) is 1. The Labute approximate surface area is 173 Å². The fourth-order valence-corrected chi connectivity index (χ4v) is 4.04. The summed E-state index contributed by atoms with van der Waals surface area (Å²) in [4.78, 5) is 27.7. The molecule has 1 aliphatic heterocycles. The first-order valence-electron chi connectivity index (χ1n) is 9.72. The van der Waals surface area contributed by atoms with E-state index in [0.717, 1.165) is 53.6 Å². The first-order valence-corrected chi connectivity index (χ1v) is 10.6. The molecule has 1 saturated heterocycles. The van der Waals surface area contributed by atoms with Crippen LogP contribution in [0.3, 0.4) is 0 Å². The number of thioether (sulfide) groups is 1. The molecule has 0 radical (unpaired) electrons. The second kappa shape index (κ2) is 8.69. The number of hydrogen-bond acceptors (Lipinski definition) is 6. The van der Waals surface area contributed by atoms with Gasteiger partial charge in [-0.3, -0.25) is 14.9 Å². The van der Waals surface area contributed by atoms with Crippen molar-refractivity contribution in [2.75, 3.05) is 6.61 Å². The maximum absolute atomic E-state index is 11.8. The third-order valence-corrected chi connectivity index (χ3v) is 5.71. The first-order chi connectivity index (χ1) is 14.1. The van der Waals surface area contributed by atoms with E-state index in [9.17, 15) is 9.59 Å². The van der Waals surface area contributed by atoms with Crippen molar-refractivity contribution in [3.63, 3.8) is 0 Å². The number of fused-ring (bicyclic) bond motifs is 1. The van der Waals surface area contributed by atoms with Crippen LogP contribution in [0.4, 0.5) is 4.79 Å². The molecule has 1 aromatic heterocycles. The zero-order valence-corrected chi connectivity index (χ0v) is 17.0. The van der Waals surface area contributed by atoms with Crippen LogP contribution in [-0.4, -0.2) is 28.0 Å². The summed E-state index contributed by atoms with van der Waals surface area (Å²) in [6, 6.07) is 13.7. The van der Waals surface area contributed by atoms with Crippen LogP contribution >= 0.6 is 11.8 Å².